The van der Waals surface area contributed by atoms with Crippen molar-refractivity contribution in [3.63, 3.8) is 0 Å². The molecule has 0 aromatic heterocycles. The van der Waals surface area contributed by atoms with Gasteiger partial charge in [-0.2, -0.15) is 0 Å². The highest BCUT2D eigenvalue weighted by Crippen LogP contribution is 2.31. The molecule has 1 N–H and O–H groups in total. The molecule has 0 radical (unpaired) electrons. The molecule has 0 aliphatic heterocycles. The minimum absolute atomic E-state index is 0.0819. The van der Waals surface area contributed by atoms with Crippen LogP contribution in [0.15, 0.2) is 18.2 Å². The summed E-state index contributed by atoms with van der Waals surface area (Å²) in [6, 6.07) is 6.11. The number of ether oxygens (including phenoxy) is 1. The molecular formula is C25H39NO3. The van der Waals surface area contributed by atoms with Crippen molar-refractivity contribution in [3.05, 3.63) is 34.9 Å². The summed E-state index contributed by atoms with van der Waals surface area (Å²) in [4.78, 5) is 25.1. The molecule has 0 unspecified atom stereocenters. The largest absolute Gasteiger partial charge is 0.452 e. The predicted octanol–water partition coefficient (Wildman–Crippen LogP) is 5.38. The number of carbonyl (C=O) groups excluding carboxylic acids is 2. The Kier molecular flexibility index (Phi) is 7.19. The van der Waals surface area contributed by atoms with Crippen LogP contribution >= 0.6 is 0 Å². The summed E-state index contributed by atoms with van der Waals surface area (Å²) in [6.45, 7) is 17.0. The fourth-order valence-corrected chi connectivity index (χ4v) is 3.86. The van der Waals surface area contributed by atoms with Crippen molar-refractivity contribution < 1.29 is 14.3 Å². The first-order chi connectivity index (χ1) is 13.3. The Labute approximate surface area is 176 Å². The van der Waals surface area contributed by atoms with E-state index in [-0.39, 0.29) is 29.4 Å². The number of nitrogens with one attached hydrogen (secondary N) is 1. The molecule has 1 amide bonds. The Morgan fingerprint density at radius 3 is 2.03 bits per heavy atom. The van der Waals surface area contributed by atoms with E-state index >= 15 is 0 Å². The summed E-state index contributed by atoms with van der Waals surface area (Å²) in [5.74, 6) is 0.392. The smallest absolute Gasteiger partial charge is 0.338 e. The van der Waals surface area contributed by atoms with E-state index in [2.05, 4.69) is 66.8 Å². The third-order valence-corrected chi connectivity index (χ3v) is 6.29. The van der Waals surface area contributed by atoms with Gasteiger partial charge in [-0.1, -0.05) is 74.3 Å². The molecule has 162 valence electrons. The lowest BCUT2D eigenvalue weighted by Crippen LogP contribution is -2.45. The van der Waals surface area contributed by atoms with Crippen LogP contribution in [0.5, 0.6) is 0 Å². The number of rotatable bonds is 4. The highest BCUT2D eigenvalue weighted by Gasteiger charge is 2.28. The van der Waals surface area contributed by atoms with Crippen LogP contribution in [-0.4, -0.2) is 24.5 Å². The van der Waals surface area contributed by atoms with E-state index in [1.807, 2.05) is 12.1 Å². The second kappa shape index (κ2) is 8.89. The molecule has 1 aliphatic carbocycles. The normalized spacial score (nSPS) is 22.8. The summed E-state index contributed by atoms with van der Waals surface area (Å²) in [6.07, 6.45) is 3.34. The van der Waals surface area contributed by atoms with Crippen molar-refractivity contribution in [2.24, 2.45) is 11.8 Å². The zero-order chi connectivity index (χ0) is 22.0. The molecule has 3 atom stereocenters. The molecule has 1 aromatic rings. The minimum atomic E-state index is -0.443. The van der Waals surface area contributed by atoms with Crippen LogP contribution < -0.4 is 5.32 Å². The molecule has 1 aliphatic rings. The maximum atomic E-state index is 12.7. The lowest BCUT2D eigenvalue weighted by atomic mass is 9.78. The van der Waals surface area contributed by atoms with Gasteiger partial charge >= 0.3 is 5.97 Å². The zero-order valence-electron chi connectivity index (χ0n) is 19.5. The van der Waals surface area contributed by atoms with Gasteiger partial charge in [0.15, 0.2) is 6.61 Å². The summed E-state index contributed by atoms with van der Waals surface area (Å²) in [7, 11) is 0. The first kappa shape index (κ1) is 23.4. The molecule has 0 saturated heterocycles. The van der Waals surface area contributed by atoms with Crippen LogP contribution in [0.2, 0.25) is 0 Å². The summed E-state index contributed by atoms with van der Waals surface area (Å²) in [5.41, 5.74) is 2.52. The topological polar surface area (TPSA) is 55.4 Å². The molecule has 4 heteroatoms. The van der Waals surface area contributed by atoms with Crippen molar-refractivity contribution in [3.8, 4) is 0 Å². The summed E-state index contributed by atoms with van der Waals surface area (Å²) >= 11 is 0. The van der Waals surface area contributed by atoms with Gasteiger partial charge in [0.25, 0.3) is 5.91 Å². The predicted molar refractivity (Wildman–Crippen MR) is 118 cm³/mol. The van der Waals surface area contributed by atoms with Crippen molar-refractivity contribution in [2.75, 3.05) is 6.61 Å². The summed E-state index contributed by atoms with van der Waals surface area (Å²) in [5, 5.41) is 3.06. The number of hydrogen-bond donors (Lipinski definition) is 1. The van der Waals surface area contributed by atoms with Crippen LogP contribution in [0.4, 0.5) is 0 Å². The highest BCUT2D eigenvalue weighted by molar-refractivity contribution is 5.92. The fraction of sp³-hybridized carbons (Fsp3) is 0.680. The monoisotopic (exact) mass is 401 g/mol. The van der Waals surface area contributed by atoms with Gasteiger partial charge in [0.1, 0.15) is 0 Å². The molecule has 4 nitrogen and oxygen atoms in total. The van der Waals surface area contributed by atoms with Crippen molar-refractivity contribution >= 4 is 11.9 Å². The quantitative estimate of drug-likeness (QED) is 0.689. The third kappa shape index (κ3) is 6.32. The number of esters is 1. The van der Waals surface area contributed by atoms with Gasteiger partial charge in [0, 0.05) is 6.04 Å². The van der Waals surface area contributed by atoms with Gasteiger partial charge in [0.05, 0.1) is 5.56 Å². The molecule has 29 heavy (non-hydrogen) atoms. The van der Waals surface area contributed by atoms with Gasteiger partial charge < -0.3 is 10.1 Å². The lowest BCUT2D eigenvalue weighted by molar-refractivity contribution is -0.125. The number of carbonyl (C=O) groups is 2. The van der Waals surface area contributed by atoms with Crippen LogP contribution in [0.25, 0.3) is 0 Å². The van der Waals surface area contributed by atoms with E-state index in [1.165, 1.54) is 6.42 Å². The molecular weight excluding hydrogens is 362 g/mol. The van der Waals surface area contributed by atoms with E-state index in [9.17, 15) is 9.59 Å². The Morgan fingerprint density at radius 2 is 1.52 bits per heavy atom. The van der Waals surface area contributed by atoms with Gasteiger partial charge in [-0.05, 0) is 52.3 Å². The first-order valence-corrected chi connectivity index (χ1v) is 10.9. The summed E-state index contributed by atoms with van der Waals surface area (Å²) < 4.78 is 5.38. The maximum absolute atomic E-state index is 12.7. The fourth-order valence-electron chi connectivity index (χ4n) is 3.86. The van der Waals surface area contributed by atoms with E-state index in [0.29, 0.717) is 17.4 Å². The van der Waals surface area contributed by atoms with Gasteiger partial charge in [-0.25, -0.2) is 4.79 Å². The SMILES string of the molecule is C[C@@H]1[C@H](C)CCC[C@H]1NC(=O)COC(=O)c1cc(C(C)(C)C)cc(C(C)(C)C)c1. The average molecular weight is 402 g/mol. The van der Waals surface area contributed by atoms with Gasteiger partial charge in [0.2, 0.25) is 0 Å². The van der Waals surface area contributed by atoms with E-state index in [1.54, 1.807) is 0 Å². The van der Waals surface area contributed by atoms with Crippen molar-refractivity contribution in [2.45, 2.75) is 91.5 Å². The molecule has 1 aromatic carbocycles. The van der Waals surface area contributed by atoms with Gasteiger partial charge in [-0.3, -0.25) is 4.79 Å². The Hall–Kier alpha value is -1.84. The maximum Gasteiger partial charge on any atom is 0.338 e. The average Bonchev–Trinajstić information content (AvgIpc) is 2.61. The van der Waals surface area contributed by atoms with E-state index in [4.69, 9.17) is 4.74 Å². The Balaban J connectivity index is 2.07. The molecule has 1 fully saturated rings. The minimum Gasteiger partial charge on any atom is -0.452 e. The van der Waals surface area contributed by atoms with Crippen LogP contribution in [0.1, 0.15) is 96.1 Å². The Morgan fingerprint density at radius 1 is 0.966 bits per heavy atom. The molecule has 1 saturated carbocycles. The molecule has 0 heterocycles. The van der Waals surface area contributed by atoms with Crippen LogP contribution in [0.3, 0.4) is 0 Å². The van der Waals surface area contributed by atoms with Gasteiger partial charge in [-0.15, -0.1) is 0 Å². The lowest BCUT2D eigenvalue weighted by Gasteiger charge is -2.34. The standard InChI is InChI=1S/C25H39NO3/c1-16-10-9-11-21(17(16)2)26-22(27)15-29-23(28)18-12-19(24(3,4)5)14-20(13-18)25(6,7)8/h12-14,16-17,21H,9-11,15H2,1-8H3,(H,26,27)/t16-,17-,21-/m1/s1. The third-order valence-electron chi connectivity index (χ3n) is 6.29. The van der Waals surface area contributed by atoms with Crippen molar-refractivity contribution in [1.29, 1.82) is 0 Å². The van der Waals surface area contributed by atoms with Crippen LogP contribution in [-0.2, 0) is 20.4 Å². The Bertz CT molecular complexity index is 707. The second-order valence-electron chi connectivity index (χ2n) is 10.8. The molecule has 0 bridgehead atoms. The molecule has 0 spiro atoms. The second-order valence-corrected chi connectivity index (χ2v) is 10.8. The first-order valence-electron chi connectivity index (χ1n) is 10.9. The van der Waals surface area contributed by atoms with Crippen LogP contribution in [0, 0.1) is 11.8 Å². The number of amides is 1. The van der Waals surface area contributed by atoms with E-state index < -0.39 is 5.97 Å². The number of benzene rings is 1. The van der Waals surface area contributed by atoms with E-state index in [0.717, 1.165) is 24.0 Å². The number of hydrogen-bond acceptors (Lipinski definition) is 3. The highest BCUT2D eigenvalue weighted by atomic mass is 16.5. The zero-order valence-corrected chi connectivity index (χ0v) is 19.5. The van der Waals surface area contributed by atoms with Crippen molar-refractivity contribution in [1.82, 2.24) is 5.32 Å². The molecule has 2 rings (SSSR count).